The van der Waals surface area contributed by atoms with Crippen molar-refractivity contribution in [1.82, 2.24) is 25.4 Å². The number of guanidine groups is 1. The number of hydrogen-bond donors (Lipinski definition) is 2. The first-order valence-electron chi connectivity index (χ1n) is 9.31. The Morgan fingerprint density at radius 3 is 2.57 bits per heavy atom. The molecule has 0 atom stereocenters. The van der Waals surface area contributed by atoms with Crippen molar-refractivity contribution in [2.75, 3.05) is 25.1 Å². The fourth-order valence-corrected chi connectivity index (χ4v) is 3.48. The smallest absolute Gasteiger partial charge is 0.191 e. The van der Waals surface area contributed by atoms with E-state index in [9.17, 15) is 0 Å². The van der Waals surface area contributed by atoms with Crippen LogP contribution in [0.25, 0.3) is 0 Å². The normalized spacial score (nSPS) is 11.7. The molecule has 0 amide bonds. The summed E-state index contributed by atoms with van der Waals surface area (Å²) >= 11 is 14.0. The quantitative estimate of drug-likeness (QED) is 0.332. The van der Waals surface area contributed by atoms with E-state index in [-0.39, 0.29) is 0 Å². The topological polar surface area (TPSA) is 67.1 Å². The minimum Gasteiger partial charge on any atom is -0.356 e. The second-order valence-corrected chi connectivity index (χ2v) is 8.26. The Hall–Kier alpha value is -1.44. The van der Waals surface area contributed by atoms with Crippen LogP contribution in [0, 0.1) is 6.92 Å². The summed E-state index contributed by atoms with van der Waals surface area (Å²) in [6.07, 6.45) is 5.03. The molecule has 0 aliphatic heterocycles. The van der Waals surface area contributed by atoms with E-state index in [1.165, 1.54) is 0 Å². The molecule has 0 spiro atoms. The summed E-state index contributed by atoms with van der Waals surface area (Å²) in [5.41, 5.74) is 1.11. The molecule has 0 radical (unpaired) electrons. The summed E-state index contributed by atoms with van der Waals surface area (Å²) in [4.78, 5) is 4.66. The SMILES string of the molecule is CSCCCNC(=NCc1nnc(C)n1C)NCCCc1ccc(Cl)cc1Cl. The minimum absolute atomic E-state index is 0.484. The molecule has 28 heavy (non-hydrogen) atoms. The molecule has 9 heteroatoms. The van der Waals surface area contributed by atoms with Crippen molar-refractivity contribution in [3.8, 4) is 0 Å². The van der Waals surface area contributed by atoms with Crippen LogP contribution >= 0.6 is 35.0 Å². The maximum Gasteiger partial charge on any atom is 0.191 e. The number of nitrogens with one attached hydrogen (secondary N) is 2. The fraction of sp³-hybridized carbons (Fsp3) is 0.526. The van der Waals surface area contributed by atoms with Gasteiger partial charge in [-0.3, -0.25) is 0 Å². The molecule has 2 rings (SSSR count). The zero-order chi connectivity index (χ0) is 20.4. The zero-order valence-corrected chi connectivity index (χ0v) is 19.0. The Morgan fingerprint density at radius 1 is 1.18 bits per heavy atom. The molecule has 2 N–H and O–H groups in total. The average molecular weight is 443 g/mol. The number of benzene rings is 1. The molecule has 2 aromatic rings. The van der Waals surface area contributed by atoms with Gasteiger partial charge in [0.2, 0.25) is 0 Å². The van der Waals surface area contributed by atoms with E-state index in [0.717, 1.165) is 61.3 Å². The van der Waals surface area contributed by atoms with Crippen LogP contribution < -0.4 is 10.6 Å². The third-order valence-electron chi connectivity index (χ3n) is 4.31. The van der Waals surface area contributed by atoms with E-state index in [4.69, 9.17) is 23.2 Å². The maximum absolute atomic E-state index is 6.25. The van der Waals surface area contributed by atoms with Gasteiger partial charge in [-0.2, -0.15) is 11.8 Å². The summed E-state index contributed by atoms with van der Waals surface area (Å²) in [7, 11) is 1.95. The third kappa shape index (κ3) is 7.53. The summed E-state index contributed by atoms with van der Waals surface area (Å²) in [6, 6.07) is 5.64. The molecule has 0 aliphatic carbocycles. The fourth-order valence-electron chi connectivity index (χ4n) is 2.55. The summed E-state index contributed by atoms with van der Waals surface area (Å²) in [5, 5.41) is 16.4. The minimum atomic E-state index is 0.484. The Morgan fingerprint density at radius 2 is 1.93 bits per heavy atom. The highest BCUT2D eigenvalue weighted by Gasteiger charge is 2.06. The molecule has 0 aliphatic rings. The van der Waals surface area contributed by atoms with Crippen LogP contribution in [0.15, 0.2) is 23.2 Å². The van der Waals surface area contributed by atoms with E-state index in [0.29, 0.717) is 16.6 Å². The number of aromatic nitrogens is 3. The molecular weight excluding hydrogens is 415 g/mol. The van der Waals surface area contributed by atoms with Crippen molar-refractivity contribution < 1.29 is 0 Å². The van der Waals surface area contributed by atoms with E-state index in [1.807, 2.05) is 42.4 Å². The van der Waals surface area contributed by atoms with Gasteiger partial charge in [-0.1, -0.05) is 29.3 Å². The highest BCUT2D eigenvalue weighted by molar-refractivity contribution is 7.98. The lowest BCUT2D eigenvalue weighted by atomic mass is 10.1. The van der Waals surface area contributed by atoms with Crippen molar-refractivity contribution in [3.63, 3.8) is 0 Å². The lowest BCUT2D eigenvalue weighted by Crippen LogP contribution is -2.38. The summed E-state index contributed by atoms with van der Waals surface area (Å²) in [5.74, 6) is 3.64. The Balaban J connectivity index is 1.87. The van der Waals surface area contributed by atoms with Gasteiger partial charge in [-0.05, 0) is 55.9 Å². The van der Waals surface area contributed by atoms with Crippen LogP contribution in [0.2, 0.25) is 10.0 Å². The van der Waals surface area contributed by atoms with Gasteiger partial charge in [0.15, 0.2) is 11.8 Å². The first-order valence-corrected chi connectivity index (χ1v) is 11.5. The van der Waals surface area contributed by atoms with Crippen LogP contribution in [-0.2, 0) is 20.0 Å². The van der Waals surface area contributed by atoms with Crippen molar-refractivity contribution in [2.45, 2.75) is 32.7 Å². The average Bonchev–Trinajstić information content (AvgIpc) is 2.99. The summed E-state index contributed by atoms with van der Waals surface area (Å²) in [6.45, 7) is 4.10. The highest BCUT2D eigenvalue weighted by atomic mass is 35.5. The Labute approximate surface area is 181 Å². The van der Waals surface area contributed by atoms with Crippen LogP contribution in [0.1, 0.15) is 30.1 Å². The van der Waals surface area contributed by atoms with Crippen LogP contribution in [0.4, 0.5) is 0 Å². The molecule has 1 aromatic carbocycles. The number of halogens is 2. The molecule has 0 saturated carbocycles. The molecule has 1 aromatic heterocycles. The molecular formula is C19H28Cl2N6S. The number of aryl methyl sites for hydroxylation is 2. The molecule has 0 bridgehead atoms. The largest absolute Gasteiger partial charge is 0.356 e. The number of hydrogen-bond acceptors (Lipinski definition) is 4. The van der Waals surface area contributed by atoms with Gasteiger partial charge in [0.25, 0.3) is 0 Å². The molecule has 6 nitrogen and oxygen atoms in total. The van der Waals surface area contributed by atoms with Gasteiger partial charge in [0.05, 0.1) is 0 Å². The predicted octanol–water partition coefficient (Wildman–Crippen LogP) is 3.85. The summed E-state index contributed by atoms with van der Waals surface area (Å²) < 4.78 is 1.96. The third-order valence-corrected chi connectivity index (χ3v) is 5.59. The molecule has 1 heterocycles. The van der Waals surface area contributed by atoms with E-state index in [2.05, 4.69) is 32.1 Å². The van der Waals surface area contributed by atoms with Crippen molar-refractivity contribution in [2.24, 2.45) is 12.0 Å². The van der Waals surface area contributed by atoms with E-state index < -0.39 is 0 Å². The second kappa shape index (κ2) is 12.2. The van der Waals surface area contributed by atoms with Gasteiger partial charge in [0, 0.05) is 30.2 Å². The van der Waals surface area contributed by atoms with Crippen molar-refractivity contribution in [1.29, 1.82) is 0 Å². The number of rotatable bonds is 10. The van der Waals surface area contributed by atoms with E-state index in [1.54, 1.807) is 6.07 Å². The number of thioether (sulfide) groups is 1. The first-order chi connectivity index (χ1) is 13.5. The Kier molecular flexibility index (Phi) is 9.95. The second-order valence-electron chi connectivity index (χ2n) is 6.43. The van der Waals surface area contributed by atoms with Crippen LogP contribution in [0.5, 0.6) is 0 Å². The van der Waals surface area contributed by atoms with Gasteiger partial charge in [-0.15, -0.1) is 10.2 Å². The van der Waals surface area contributed by atoms with Gasteiger partial charge in [0.1, 0.15) is 12.4 Å². The first kappa shape index (κ1) is 22.8. The predicted molar refractivity (Wildman–Crippen MR) is 121 cm³/mol. The standard InChI is InChI=1S/C19H28Cl2N6S/c1-14-25-26-18(27(14)2)13-24-19(23-10-5-11-28-3)22-9-4-6-15-7-8-16(20)12-17(15)21/h7-8,12H,4-6,9-11,13H2,1-3H3,(H2,22,23,24). The lowest BCUT2D eigenvalue weighted by molar-refractivity contribution is 0.720. The monoisotopic (exact) mass is 442 g/mol. The molecule has 0 fully saturated rings. The van der Waals surface area contributed by atoms with Gasteiger partial charge < -0.3 is 15.2 Å². The molecule has 0 unspecified atom stereocenters. The number of nitrogens with zero attached hydrogens (tertiary/aromatic N) is 4. The molecule has 154 valence electrons. The van der Waals surface area contributed by atoms with Gasteiger partial charge in [-0.25, -0.2) is 4.99 Å². The zero-order valence-electron chi connectivity index (χ0n) is 16.6. The van der Waals surface area contributed by atoms with E-state index >= 15 is 0 Å². The number of aliphatic imine (C=N–C) groups is 1. The van der Waals surface area contributed by atoms with Gasteiger partial charge >= 0.3 is 0 Å². The lowest BCUT2D eigenvalue weighted by Gasteiger charge is -2.13. The van der Waals surface area contributed by atoms with Crippen molar-refractivity contribution >= 4 is 40.9 Å². The van der Waals surface area contributed by atoms with Crippen LogP contribution in [-0.4, -0.2) is 45.8 Å². The highest BCUT2D eigenvalue weighted by Crippen LogP contribution is 2.21. The Bertz CT molecular complexity index is 778. The maximum atomic E-state index is 6.25. The van der Waals surface area contributed by atoms with Crippen molar-refractivity contribution in [3.05, 3.63) is 45.5 Å². The van der Waals surface area contributed by atoms with Crippen LogP contribution in [0.3, 0.4) is 0 Å². The molecule has 0 saturated heterocycles.